The number of benzene rings is 1. The number of aromatic nitrogens is 1. The van der Waals surface area contributed by atoms with Crippen molar-refractivity contribution in [3.05, 3.63) is 40.6 Å². The maximum atomic E-state index is 12.0. The van der Waals surface area contributed by atoms with Crippen LogP contribution in [-0.4, -0.2) is 23.5 Å². The van der Waals surface area contributed by atoms with Gasteiger partial charge in [0.15, 0.2) is 5.82 Å². The predicted molar refractivity (Wildman–Crippen MR) is 88.7 cm³/mol. The Kier molecular flexibility index (Phi) is 5.39. The van der Waals surface area contributed by atoms with Crippen LogP contribution in [0.1, 0.15) is 24.7 Å². The standard InChI is InChI=1S/C16H18ClN3O3/c1-10-8-13(17)4-5-14(10)20(12(3)21)7-6-16(22)18-15-9-11(2)23-19-15/h4-5,8-9H,6-7H2,1-3H3,(H,18,19,22). The fourth-order valence-electron chi connectivity index (χ4n) is 2.21. The molecule has 0 fully saturated rings. The van der Waals surface area contributed by atoms with Gasteiger partial charge in [0.1, 0.15) is 5.76 Å². The first-order valence-electron chi connectivity index (χ1n) is 7.14. The third kappa shape index (κ3) is 4.56. The number of carbonyl (C=O) groups is 2. The number of nitrogens with one attached hydrogen (secondary N) is 1. The quantitative estimate of drug-likeness (QED) is 0.909. The van der Waals surface area contributed by atoms with Gasteiger partial charge in [-0.25, -0.2) is 0 Å². The molecule has 1 aromatic heterocycles. The van der Waals surface area contributed by atoms with E-state index in [1.165, 1.54) is 6.92 Å². The average Bonchev–Trinajstić information content (AvgIpc) is 2.86. The Morgan fingerprint density at radius 2 is 2.04 bits per heavy atom. The van der Waals surface area contributed by atoms with Crippen LogP contribution in [0, 0.1) is 13.8 Å². The van der Waals surface area contributed by atoms with E-state index in [9.17, 15) is 9.59 Å². The van der Waals surface area contributed by atoms with Crippen molar-refractivity contribution < 1.29 is 14.1 Å². The molecule has 2 amide bonds. The van der Waals surface area contributed by atoms with Gasteiger partial charge in [-0.3, -0.25) is 9.59 Å². The molecule has 6 nitrogen and oxygen atoms in total. The van der Waals surface area contributed by atoms with Crippen LogP contribution in [0.2, 0.25) is 5.02 Å². The number of hydrogen-bond acceptors (Lipinski definition) is 4. The molecule has 1 heterocycles. The molecule has 0 bridgehead atoms. The van der Waals surface area contributed by atoms with E-state index in [0.29, 0.717) is 16.6 Å². The first kappa shape index (κ1) is 17.0. The van der Waals surface area contributed by atoms with E-state index >= 15 is 0 Å². The fourth-order valence-corrected chi connectivity index (χ4v) is 2.44. The van der Waals surface area contributed by atoms with Crippen LogP contribution >= 0.6 is 11.6 Å². The van der Waals surface area contributed by atoms with Gasteiger partial charge in [-0.1, -0.05) is 16.8 Å². The van der Waals surface area contributed by atoms with Crippen molar-refractivity contribution in [1.82, 2.24) is 5.16 Å². The molecule has 23 heavy (non-hydrogen) atoms. The summed E-state index contributed by atoms with van der Waals surface area (Å²) in [5.74, 6) is 0.601. The van der Waals surface area contributed by atoms with Crippen molar-refractivity contribution in [3.63, 3.8) is 0 Å². The Morgan fingerprint density at radius 3 is 2.61 bits per heavy atom. The number of nitrogens with zero attached hydrogens (tertiary/aromatic N) is 2. The summed E-state index contributed by atoms with van der Waals surface area (Å²) < 4.78 is 4.88. The van der Waals surface area contributed by atoms with Crippen LogP contribution in [0.5, 0.6) is 0 Å². The number of hydrogen-bond donors (Lipinski definition) is 1. The Labute approximate surface area is 139 Å². The monoisotopic (exact) mass is 335 g/mol. The highest BCUT2D eigenvalue weighted by Gasteiger charge is 2.16. The lowest BCUT2D eigenvalue weighted by Crippen LogP contribution is -2.32. The van der Waals surface area contributed by atoms with Gasteiger partial charge in [0.2, 0.25) is 11.8 Å². The summed E-state index contributed by atoms with van der Waals surface area (Å²) in [6, 6.07) is 6.91. The first-order valence-corrected chi connectivity index (χ1v) is 7.52. The minimum absolute atomic E-state index is 0.138. The molecule has 0 saturated heterocycles. The summed E-state index contributed by atoms with van der Waals surface area (Å²) >= 11 is 5.94. The van der Waals surface area contributed by atoms with E-state index < -0.39 is 0 Å². The Balaban J connectivity index is 2.02. The van der Waals surface area contributed by atoms with E-state index in [1.54, 1.807) is 36.1 Å². The van der Waals surface area contributed by atoms with Crippen LogP contribution in [0.25, 0.3) is 0 Å². The molecule has 0 spiro atoms. The number of anilines is 2. The normalized spacial score (nSPS) is 10.4. The number of halogens is 1. The van der Waals surface area contributed by atoms with E-state index in [-0.39, 0.29) is 24.8 Å². The smallest absolute Gasteiger partial charge is 0.227 e. The van der Waals surface area contributed by atoms with Gasteiger partial charge in [0.25, 0.3) is 0 Å². The Morgan fingerprint density at radius 1 is 1.30 bits per heavy atom. The molecule has 0 unspecified atom stereocenters. The van der Waals surface area contributed by atoms with Gasteiger partial charge in [0.05, 0.1) is 0 Å². The van der Waals surface area contributed by atoms with E-state index in [4.69, 9.17) is 16.1 Å². The van der Waals surface area contributed by atoms with Gasteiger partial charge >= 0.3 is 0 Å². The molecule has 2 rings (SSSR count). The molecule has 0 aliphatic heterocycles. The molecule has 0 radical (unpaired) electrons. The van der Waals surface area contributed by atoms with Gasteiger partial charge in [-0.2, -0.15) is 0 Å². The Bertz CT molecular complexity index is 727. The third-order valence-electron chi connectivity index (χ3n) is 3.29. The summed E-state index contributed by atoms with van der Waals surface area (Å²) in [5.41, 5.74) is 1.62. The zero-order valence-electron chi connectivity index (χ0n) is 13.2. The lowest BCUT2D eigenvalue weighted by Gasteiger charge is -2.23. The second-order valence-corrected chi connectivity index (χ2v) is 5.66. The molecule has 0 saturated carbocycles. The van der Waals surface area contributed by atoms with E-state index in [2.05, 4.69) is 10.5 Å². The SMILES string of the molecule is CC(=O)N(CCC(=O)Nc1cc(C)on1)c1ccc(Cl)cc1C. The molecular weight excluding hydrogens is 318 g/mol. The van der Waals surface area contributed by atoms with Gasteiger partial charge in [0, 0.05) is 36.7 Å². The van der Waals surface area contributed by atoms with Crippen molar-refractivity contribution in [2.45, 2.75) is 27.2 Å². The molecule has 7 heteroatoms. The van der Waals surface area contributed by atoms with Crippen LogP contribution in [0.3, 0.4) is 0 Å². The van der Waals surface area contributed by atoms with Gasteiger partial charge < -0.3 is 14.7 Å². The maximum Gasteiger partial charge on any atom is 0.227 e. The zero-order valence-corrected chi connectivity index (χ0v) is 14.0. The minimum atomic E-state index is -0.240. The summed E-state index contributed by atoms with van der Waals surface area (Å²) in [4.78, 5) is 25.4. The summed E-state index contributed by atoms with van der Waals surface area (Å²) in [7, 11) is 0. The highest BCUT2D eigenvalue weighted by Crippen LogP contribution is 2.24. The summed E-state index contributed by atoms with van der Waals surface area (Å²) in [5, 5.41) is 6.93. The average molecular weight is 336 g/mol. The highest BCUT2D eigenvalue weighted by atomic mass is 35.5. The van der Waals surface area contributed by atoms with E-state index in [1.807, 2.05) is 6.92 Å². The van der Waals surface area contributed by atoms with Crippen molar-refractivity contribution in [3.8, 4) is 0 Å². The molecule has 0 atom stereocenters. The maximum absolute atomic E-state index is 12.0. The van der Waals surface area contributed by atoms with Crippen molar-refractivity contribution >= 4 is 34.9 Å². The van der Waals surface area contributed by atoms with Crippen LogP contribution < -0.4 is 10.2 Å². The second-order valence-electron chi connectivity index (χ2n) is 5.22. The molecule has 0 aliphatic rings. The molecule has 0 aliphatic carbocycles. The second kappa shape index (κ2) is 7.28. The largest absolute Gasteiger partial charge is 0.360 e. The summed E-state index contributed by atoms with van der Waals surface area (Å²) in [6.45, 7) is 5.34. The van der Waals surface area contributed by atoms with Crippen LogP contribution in [0.4, 0.5) is 11.5 Å². The van der Waals surface area contributed by atoms with E-state index in [0.717, 1.165) is 11.3 Å². The lowest BCUT2D eigenvalue weighted by atomic mass is 10.1. The predicted octanol–water partition coefficient (Wildman–Crippen LogP) is 3.33. The zero-order chi connectivity index (χ0) is 17.0. The minimum Gasteiger partial charge on any atom is -0.360 e. The first-order chi connectivity index (χ1) is 10.9. The molecular formula is C16H18ClN3O3. The summed E-state index contributed by atoms with van der Waals surface area (Å²) in [6.07, 6.45) is 0.146. The van der Waals surface area contributed by atoms with Crippen LogP contribution in [0.15, 0.2) is 28.8 Å². The van der Waals surface area contributed by atoms with Crippen LogP contribution in [-0.2, 0) is 9.59 Å². The van der Waals surface area contributed by atoms with Crippen molar-refractivity contribution in [1.29, 1.82) is 0 Å². The topological polar surface area (TPSA) is 75.4 Å². The number of carbonyl (C=O) groups excluding carboxylic acids is 2. The number of aryl methyl sites for hydroxylation is 2. The third-order valence-corrected chi connectivity index (χ3v) is 3.52. The molecule has 122 valence electrons. The molecule has 1 N–H and O–H groups in total. The number of rotatable bonds is 5. The lowest BCUT2D eigenvalue weighted by molar-refractivity contribution is -0.117. The fraction of sp³-hybridized carbons (Fsp3) is 0.312. The molecule has 2 aromatic rings. The van der Waals surface area contributed by atoms with Gasteiger partial charge in [-0.15, -0.1) is 0 Å². The highest BCUT2D eigenvalue weighted by molar-refractivity contribution is 6.30. The van der Waals surface area contributed by atoms with Crippen molar-refractivity contribution in [2.24, 2.45) is 0 Å². The number of amides is 2. The van der Waals surface area contributed by atoms with Gasteiger partial charge in [-0.05, 0) is 37.6 Å². The molecule has 1 aromatic carbocycles. The van der Waals surface area contributed by atoms with Crippen molar-refractivity contribution in [2.75, 3.05) is 16.8 Å². The Hall–Kier alpha value is -2.34.